The number of halogens is 1. The van der Waals surface area contributed by atoms with Crippen LogP contribution in [-0.2, 0) is 0 Å². The van der Waals surface area contributed by atoms with E-state index in [-0.39, 0.29) is 0 Å². The van der Waals surface area contributed by atoms with E-state index in [1.54, 1.807) is 0 Å². The molecule has 0 saturated heterocycles. The first kappa shape index (κ1) is 15.3. The second-order valence-corrected chi connectivity index (χ2v) is 6.99. The molecule has 2 N–H and O–H groups in total. The van der Waals surface area contributed by atoms with Crippen molar-refractivity contribution < 1.29 is 0 Å². The van der Waals surface area contributed by atoms with Crippen molar-refractivity contribution >= 4 is 22.6 Å². The van der Waals surface area contributed by atoms with Crippen LogP contribution in [0.5, 0.6) is 0 Å². The van der Waals surface area contributed by atoms with Crippen LogP contribution in [0.4, 0.5) is 0 Å². The maximum Gasteiger partial charge on any atom is 0.0319 e. The van der Waals surface area contributed by atoms with Crippen LogP contribution in [0.3, 0.4) is 0 Å². The molecule has 1 aromatic rings. The van der Waals surface area contributed by atoms with Crippen LogP contribution in [0.25, 0.3) is 0 Å². The summed E-state index contributed by atoms with van der Waals surface area (Å²) in [6.07, 6.45) is 5.30. The molecule has 0 spiro atoms. The summed E-state index contributed by atoms with van der Waals surface area (Å²) in [6, 6.07) is 10.0. The van der Waals surface area contributed by atoms with Gasteiger partial charge in [-0.25, -0.2) is 0 Å². The van der Waals surface area contributed by atoms with Crippen molar-refractivity contribution in [3.8, 4) is 0 Å². The molecule has 3 heteroatoms. The summed E-state index contributed by atoms with van der Waals surface area (Å²) in [7, 11) is 2.27. The Hall–Kier alpha value is -0.130. The van der Waals surface area contributed by atoms with Crippen molar-refractivity contribution in [3.05, 3.63) is 33.4 Å². The fourth-order valence-electron chi connectivity index (χ4n) is 3.26. The van der Waals surface area contributed by atoms with Crippen molar-refractivity contribution in [2.45, 2.75) is 44.7 Å². The van der Waals surface area contributed by atoms with E-state index in [1.165, 1.54) is 34.8 Å². The molecular weight excluding hydrogens is 347 g/mol. The molecular formula is C16H25IN2. The predicted octanol–water partition coefficient (Wildman–Crippen LogP) is 3.80. The molecule has 0 aromatic heterocycles. The number of benzene rings is 1. The summed E-state index contributed by atoms with van der Waals surface area (Å²) in [5.41, 5.74) is 7.37. The largest absolute Gasteiger partial charge is 0.330 e. The molecule has 19 heavy (non-hydrogen) atoms. The summed E-state index contributed by atoms with van der Waals surface area (Å²) in [5.74, 6) is 0.671. The van der Waals surface area contributed by atoms with E-state index in [4.69, 9.17) is 5.73 Å². The van der Waals surface area contributed by atoms with Crippen molar-refractivity contribution in [2.24, 2.45) is 11.7 Å². The lowest BCUT2D eigenvalue weighted by Gasteiger charge is -2.40. The van der Waals surface area contributed by atoms with E-state index in [0.717, 1.165) is 6.54 Å². The van der Waals surface area contributed by atoms with Crippen molar-refractivity contribution in [3.63, 3.8) is 0 Å². The topological polar surface area (TPSA) is 29.3 Å². The van der Waals surface area contributed by atoms with Gasteiger partial charge >= 0.3 is 0 Å². The maximum atomic E-state index is 5.96. The van der Waals surface area contributed by atoms with Crippen molar-refractivity contribution in [1.82, 2.24) is 4.90 Å². The van der Waals surface area contributed by atoms with Crippen LogP contribution < -0.4 is 5.73 Å². The zero-order valence-corrected chi connectivity index (χ0v) is 14.1. The molecule has 3 atom stereocenters. The lowest BCUT2D eigenvalue weighted by Crippen LogP contribution is -2.44. The average molecular weight is 372 g/mol. The molecule has 0 bridgehead atoms. The van der Waals surface area contributed by atoms with E-state index < -0.39 is 0 Å². The van der Waals surface area contributed by atoms with Gasteiger partial charge in [0.25, 0.3) is 0 Å². The van der Waals surface area contributed by atoms with Crippen molar-refractivity contribution in [1.29, 1.82) is 0 Å². The van der Waals surface area contributed by atoms with Gasteiger partial charge in [-0.15, -0.1) is 0 Å². The highest BCUT2D eigenvalue weighted by Gasteiger charge is 2.29. The second kappa shape index (κ2) is 7.04. The SMILES string of the molecule is CC(c1ccc(I)cc1)N(C)C1CCCCC1CN. The predicted molar refractivity (Wildman–Crippen MR) is 90.1 cm³/mol. The number of nitrogens with zero attached hydrogens (tertiary/aromatic N) is 1. The summed E-state index contributed by atoms with van der Waals surface area (Å²) in [4.78, 5) is 2.54. The lowest BCUT2D eigenvalue weighted by atomic mass is 9.83. The third-order valence-corrected chi connectivity index (χ3v) is 5.38. The molecule has 1 aliphatic carbocycles. The van der Waals surface area contributed by atoms with Crippen LogP contribution in [0.1, 0.15) is 44.2 Å². The number of hydrogen-bond acceptors (Lipinski definition) is 2. The maximum absolute atomic E-state index is 5.96. The molecule has 3 unspecified atom stereocenters. The standard InChI is InChI=1S/C16H25IN2/c1-12(13-7-9-15(17)10-8-13)19(2)16-6-4-3-5-14(16)11-18/h7-10,12,14,16H,3-6,11,18H2,1-2H3. The molecule has 2 rings (SSSR count). The Morgan fingerprint density at radius 2 is 1.89 bits per heavy atom. The van der Waals surface area contributed by atoms with E-state index >= 15 is 0 Å². The minimum Gasteiger partial charge on any atom is -0.330 e. The Morgan fingerprint density at radius 1 is 1.26 bits per heavy atom. The molecule has 0 heterocycles. The van der Waals surface area contributed by atoms with E-state index in [9.17, 15) is 0 Å². The Morgan fingerprint density at radius 3 is 2.53 bits per heavy atom. The molecule has 0 aliphatic heterocycles. The van der Waals surface area contributed by atoms with Gasteiger partial charge in [-0.3, -0.25) is 4.90 Å². The van der Waals surface area contributed by atoms with Gasteiger partial charge in [0.15, 0.2) is 0 Å². The molecule has 0 amide bonds. The summed E-state index contributed by atoms with van der Waals surface area (Å²) in [5, 5.41) is 0. The second-order valence-electron chi connectivity index (χ2n) is 5.74. The minimum atomic E-state index is 0.467. The molecule has 1 saturated carbocycles. The first-order chi connectivity index (χ1) is 9.13. The van der Waals surface area contributed by atoms with Gasteiger partial charge in [-0.2, -0.15) is 0 Å². The van der Waals surface area contributed by atoms with Gasteiger partial charge in [0.2, 0.25) is 0 Å². The minimum absolute atomic E-state index is 0.467. The van der Waals surface area contributed by atoms with Crippen LogP contribution in [0.2, 0.25) is 0 Å². The third-order valence-electron chi connectivity index (χ3n) is 4.66. The summed E-state index contributed by atoms with van der Waals surface area (Å²) >= 11 is 2.36. The fraction of sp³-hybridized carbons (Fsp3) is 0.625. The molecule has 0 radical (unpaired) electrons. The van der Waals surface area contributed by atoms with Crippen LogP contribution in [-0.4, -0.2) is 24.5 Å². The lowest BCUT2D eigenvalue weighted by molar-refractivity contribution is 0.0989. The van der Waals surface area contributed by atoms with Crippen LogP contribution in [0, 0.1) is 9.49 Å². The van der Waals surface area contributed by atoms with Gasteiger partial charge in [0.05, 0.1) is 0 Å². The summed E-state index contributed by atoms with van der Waals surface area (Å²) < 4.78 is 1.30. The molecule has 106 valence electrons. The highest BCUT2D eigenvalue weighted by atomic mass is 127. The van der Waals surface area contributed by atoms with E-state index in [0.29, 0.717) is 18.0 Å². The van der Waals surface area contributed by atoms with Gasteiger partial charge in [0, 0.05) is 15.7 Å². The Labute approximate surface area is 130 Å². The van der Waals surface area contributed by atoms with Gasteiger partial charge in [-0.05, 0) is 79.6 Å². The first-order valence-corrected chi connectivity index (χ1v) is 8.39. The monoisotopic (exact) mass is 372 g/mol. The number of hydrogen-bond donors (Lipinski definition) is 1. The zero-order chi connectivity index (χ0) is 13.8. The Balaban J connectivity index is 2.08. The first-order valence-electron chi connectivity index (χ1n) is 7.31. The highest BCUT2D eigenvalue weighted by Crippen LogP contribution is 2.32. The van der Waals surface area contributed by atoms with Gasteiger partial charge in [-0.1, -0.05) is 25.0 Å². The zero-order valence-electron chi connectivity index (χ0n) is 12.0. The smallest absolute Gasteiger partial charge is 0.0319 e. The Bertz CT molecular complexity index is 390. The van der Waals surface area contributed by atoms with Crippen LogP contribution >= 0.6 is 22.6 Å². The van der Waals surface area contributed by atoms with Gasteiger partial charge in [0.1, 0.15) is 0 Å². The molecule has 1 fully saturated rings. The van der Waals surface area contributed by atoms with E-state index in [2.05, 4.69) is 65.7 Å². The fourth-order valence-corrected chi connectivity index (χ4v) is 3.62. The molecule has 1 aliphatic rings. The number of rotatable bonds is 4. The molecule has 2 nitrogen and oxygen atoms in total. The average Bonchev–Trinajstić information content (AvgIpc) is 2.46. The molecule has 1 aromatic carbocycles. The van der Waals surface area contributed by atoms with Crippen LogP contribution in [0.15, 0.2) is 24.3 Å². The summed E-state index contributed by atoms with van der Waals surface area (Å²) in [6.45, 7) is 3.14. The normalized spacial score (nSPS) is 25.5. The third kappa shape index (κ3) is 3.70. The van der Waals surface area contributed by atoms with Gasteiger partial charge < -0.3 is 5.73 Å². The highest BCUT2D eigenvalue weighted by molar-refractivity contribution is 14.1. The quantitative estimate of drug-likeness (QED) is 0.815. The van der Waals surface area contributed by atoms with Crippen molar-refractivity contribution in [2.75, 3.05) is 13.6 Å². The number of nitrogens with two attached hydrogens (primary N) is 1. The Kier molecular flexibility index (Phi) is 5.66. The van der Waals surface area contributed by atoms with E-state index in [1.807, 2.05) is 0 Å².